The Kier molecular flexibility index (Phi) is 7.22. The minimum Gasteiger partial charge on any atom is -0.479 e. The van der Waals surface area contributed by atoms with Gasteiger partial charge in [0.1, 0.15) is 17.6 Å². The zero-order valence-electron chi connectivity index (χ0n) is 15.5. The zero-order chi connectivity index (χ0) is 19.2. The van der Waals surface area contributed by atoms with Crippen molar-refractivity contribution in [2.45, 2.75) is 51.2 Å². The molecule has 1 saturated carbocycles. The van der Waals surface area contributed by atoms with Gasteiger partial charge in [0.2, 0.25) is 0 Å². The number of rotatable bonds is 8. The van der Waals surface area contributed by atoms with Gasteiger partial charge in [0.15, 0.2) is 16.4 Å². The number of Topliss-reactive ketones (excluding diaryl/α,β-unsaturated/α-hetero) is 1. The number of carbonyl (C=O) groups is 1. The number of ether oxygens (including phenoxy) is 1. The van der Waals surface area contributed by atoms with Crippen LogP contribution in [0.5, 0.6) is 5.75 Å². The monoisotopic (exact) mass is 377 g/mol. The van der Waals surface area contributed by atoms with Crippen molar-refractivity contribution in [2.24, 2.45) is 11.8 Å². The molecule has 0 aromatic heterocycles. The molecule has 2 rings (SSSR count). The first-order chi connectivity index (χ1) is 12.3. The van der Waals surface area contributed by atoms with Gasteiger partial charge in [-0.05, 0) is 63.1 Å². The number of hydrogen-bond donors (Lipinski definition) is 0. The number of nitriles is 1. The van der Waals surface area contributed by atoms with Gasteiger partial charge in [0.05, 0.1) is 11.0 Å². The van der Waals surface area contributed by atoms with Crippen LogP contribution in [0.4, 0.5) is 0 Å². The number of hydrogen-bond acceptors (Lipinski definition) is 5. The lowest BCUT2D eigenvalue weighted by atomic mass is 9.79. The summed E-state index contributed by atoms with van der Waals surface area (Å²) in [7, 11) is -3.02. The average Bonchev–Trinajstić information content (AvgIpc) is 2.60. The topological polar surface area (TPSA) is 84.2 Å². The molecule has 0 amide bonds. The largest absolute Gasteiger partial charge is 0.479 e. The molecule has 1 aromatic carbocycles. The summed E-state index contributed by atoms with van der Waals surface area (Å²) in [6.07, 6.45) is 3.48. The maximum absolute atomic E-state index is 12.6. The Morgan fingerprint density at radius 1 is 1.27 bits per heavy atom. The molecule has 1 aliphatic rings. The molecule has 142 valence electrons. The summed E-state index contributed by atoms with van der Waals surface area (Å²) in [5.74, 6) is 1.22. The van der Waals surface area contributed by atoms with E-state index in [2.05, 4.69) is 0 Å². The molecule has 0 unspecified atom stereocenters. The van der Waals surface area contributed by atoms with Crippen molar-refractivity contribution in [3.8, 4) is 11.8 Å². The molecule has 0 heterocycles. The molecule has 1 fully saturated rings. The highest BCUT2D eigenvalue weighted by atomic mass is 32.2. The third-order valence-electron chi connectivity index (χ3n) is 5.07. The first-order valence-electron chi connectivity index (χ1n) is 9.14. The second-order valence-electron chi connectivity index (χ2n) is 7.33. The SMILES string of the molecule is CC(C)S(=O)(=O)CC1CCC(C(=O)Cc2cccc(OCC#N)c2)CC1. The number of nitrogens with zero attached hydrogens (tertiary/aromatic N) is 1. The second-order valence-corrected chi connectivity index (χ2v) is 9.94. The van der Waals surface area contributed by atoms with Crippen molar-refractivity contribution in [2.75, 3.05) is 12.4 Å². The first kappa shape index (κ1) is 20.4. The van der Waals surface area contributed by atoms with Crippen LogP contribution in [0, 0.1) is 23.2 Å². The highest BCUT2D eigenvalue weighted by molar-refractivity contribution is 7.91. The summed E-state index contributed by atoms with van der Waals surface area (Å²) >= 11 is 0. The van der Waals surface area contributed by atoms with Gasteiger partial charge < -0.3 is 4.74 Å². The fourth-order valence-electron chi connectivity index (χ4n) is 3.38. The van der Waals surface area contributed by atoms with Crippen LogP contribution in [0.25, 0.3) is 0 Å². The molecular formula is C20H27NO4S. The molecule has 26 heavy (non-hydrogen) atoms. The lowest BCUT2D eigenvalue weighted by molar-refractivity contribution is -0.123. The summed E-state index contributed by atoms with van der Waals surface area (Å²) in [5, 5.41) is 8.23. The number of benzene rings is 1. The van der Waals surface area contributed by atoms with Crippen molar-refractivity contribution < 1.29 is 17.9 Å². The lowest BCUT2D eigenvalue weighted by Gasteiger charge is -2.28. The number of ketones is 1. The molecule has 6 heteroatoms. The van der Waals surface area contributed by atoms with Crippen LogP contribution < -0.4 is 4.74 Å². The molecule has 0 saturated heterocycles. The van der Waals surface area contributed by atoms with Crippen molar-refractivity contribution in [3.63, 3.8) is 0 Å². The van der Waals surface area contributed by atoms with Crippen LogP contribution >= 0.6 is 0 Å². The second kappa shape index (κ2) is 9.18. The summed E-state index contributed by atoms with van der Waals surface area (Å²) in [4.78, 5) is 12.6. The van der Waals surface area contributed by atoms with Crippen molar-refractivity contribution >= 4 is 15.6 Å². The molecule has 0 atom stereocenters. The van der Waals surface area contributed by atoms with Crippen LogP contribution in [-0.2, 0) is 21.1 Å². The van der Waals surface area contributed by atoms with Gasteiger partial charge >= 0.3 is 0 Å². The highest BCUT2D eigenvalue weighted by Crippen LogP contribution is 2.31. The van der Waals surface area contributed by atoms with E-state index in [4.69, 9.17) is 10.00 Å². The maximum atomic E-state index is 12.6. The van der Waals surface area contributed by atoms with E-state index in [-0.39, 0.29) is 35.2 Å². The van der Waals surface area contributed by atoms with E-state index in [0.717, 1.165) is 31.2 Å². The van der Waals surface area contributed by atoms with Gasteiger partial charge in [-0.15, -0.1) is 0 Å². The Hall–Kier alpha value is -1.87. The fraction of sp³-hybridized carbons (Fsp3) is 0.600. The molecule has 0 bridgehead atoms. The summed E-state index contributed by atoms with van der Waals surface area (Å²) in [6, 6.07) is 9.20. The van der Waals surface area contributed by atoms with E-state index in [1.165, 1.54) is 0 Å². The van der Waals surface area contributed by atoms with Gasteiger partial charge in [-0.1, -0.05) is 12.1 Å². The van der Waals surface area contributed by atoms with E-state index < -0.39 is 9.84 Å². The third-order valence-corrected chi connectivity index (χ3v) is 7.44. The Morgan fingerprint density at radius 2 is 1.96 bits per heavy atom. The minimum atomic E-state index is -3.02. The van der Waals surface area contributed by atoms with E-state index in [0.29, 0.717) is 12.2 Å². The Bertz CT molecular complexity index is 756. The van der Waals surface area contributed by atoms with E-state index >= 15 is 0 Å². The third kappa shape index (κ3) is 5.84. The summed E-state index contributed by atoms with van der Waals surface area (Å²) in [6.45, 7) is 3.43. The molecule has 0 N–H and O–H groups in total. The van der Waals surface area contributed by atoms with Crippen molar-refractivity contribution in [3.05, 3.63) is 29.8 Å². The molecule has 1 aliphatic carbocycles. The number of sulfone groups is 1. The van der Waals surface area contributed by atoms with Gasteiger partial charge in [-0.2, -0.15) is 5.26 Å². The highest BCUT2D eigenvalue weighted by Gasteiger charge is 2.29. The van der Waals surface area contributed by atoms with Gasteiger partial charge in [-0.3, -0.25) is 4.79 Å². The Labute approximate surface area is 156 Å². The molecular weight excluding hydrogens is 350 g/mol. The van der Waals surface area contributed by atoms with Crippen LogP contribution in [0.2, 0.25) is 0 Å². The predicted molar refractivity (Wildman–Crippen MR) is 101 cm³/mol. The van der Waals surface area contributed by atoms with Crippen LogP contribution in [-0.4, -0.2) is 31.8 Å². The summed E-state index contributed by atoms with van der Waals surface area (Å²) < 4.78 is 29.4. The standard InChI is InChI=1S/C20H27NO4S/c1-15(2)26(23,24)14-16-6-8-18(9-7-16)20(22)13-17-4-3-5-19(12-17)25-11-10-21/h3-5,12,15-16,18H,6-9,11,13-14H2,1-2H3. The Morgan fingerprint density at radius 3 is 2.58 bits per heavy atom. The predicted octanol–water partition coefficient (Wildman–Crippen LogP) is 3.33. The fourth-order valence-corrected chi connectivity index (χ4v) is 4.75. The Balaban J connectivity index is 1.86. The van der Waals surface area contributed by atoms with Gasteiger partial charge in [-0.25, -0.2) is 8.42 Å². The smallest absolute Gasteiger partial charge is 0.174 e. The zero-order valence-corrected chi connectivity index (χ0v) is 16.3. The quantitative estimate of drug-likeness (QED) is 0.694. The molecule has 0 spiro atoms. The van der Waals surface area contributed by atoms with Gasteiger partial charge in [0.25, 0.3) is 0 Å². The van der Waals surface area contributed by atoms with E-state index in [1.54, 1.807) is 26.0 Å². The number of carbonyl (C=O) groups excluding carboxylic acids is 1. The normalized spacial score (nSPS) is 20.5. The summed E-state index contributed by atoms with van der Waals surface area (Å²) in [5.41, 5.74) is 0.884. The lowest BCUT2D eigenvalue weighted by Crippen LogP contribution is -2.29. The molecule has 0 aliphatic heterocycles. The van der Waals surface area contributed by atoms with Crippen LogP contribution in [0.15, 0.2) is 24.3 Å². The molecule has 0 radical (unpaired) electrons. The minimum absolute atomic E-state index is 0.0108. The average molecular weight is 378 g/mol. The first-order valence-corrected chi connectivity index (χ1v) is 10.9. The van der Waals surface area contributed by atoms with Crippen LogP contribution in [0.3, 0.4) is 0 Å². The van der Waals surface area contributed by atoms with Crippen molar-refractivity contribution in [1.29, 1.82) is 5.26 Å². The van der Waals surface area contributed by atoms with Gasteiger partial charge in [0, 0.05) is 12.3 Å². The van der Waals surface area contributed by atoms with E-state index in [1.807, 2.05) is 18.2 Å². The van der Waals surface area contributed by atoms with Crippen molar-refractivity contribution in [1.82, 2.24) is 0 Å². The van der Waals surface area contributed by atoms with Crippen LogP contribution in [0.1, 0.15) is 45.1 Å². The molecule has 5 nitrogen and oxygen atoms in total. The molecule has 1 aromatic rings. The van der Waals surface area contributed by atoms with E-state index in [9.17, 15) is 13.2 Å². The maximum Gasteiger partial charge on any atom is 0.174 e.